The van der Waals surface area contributed by atoms with Crippen molar-refractivity contribution < 1.29 is 26.3 Å². The number of benzene rings is 2. The second kappa shape index (κ2) is 9.44. The summed E-state index contributed by atoms with van der Waals surface area (Å²) in [5.74, 6) is 0.685. The molecule has 0 unspecified atom stereocenters. The van der Waals surface area contributed by atoms with Crippen LogP contribution < -0.4 is 9.46 Å². The van der Waals surface area contributed by atoms with Gasteiger partial charge in [0.15, 0.2) is 0 Å². The van der Waals surface area contributed by atoms with Gasteiger partial charge < -0.3 is 9.47 Å². The monoisotopic (exact) mass is 454 g/mol. The molecule has 1 aliphatic rings. The molecule has 0 atom stereocenters. The second-order valence-electron chi connectivity index (χ2n) is 7.06. The van der Waals surface area contributed by atoms with E-state index in [4.69, 9.17) is 9.47 Å². The number of aryl methyl sites for hydroxylation is 2. The number of nitrogens with one attached hydrogen (secondary N) is 1. The van der Waals surface area contributed by atoms with Crippen molar-refractivity contribution in [2.45, 2.75) is 23.6 Å². The summed E-state index contributed by atoms with van der Waals surface area (Å²) in [6.45, 7) is 5.44. The fourth-order valence-corrected chi connectivity index (χ4v) is 5.59. The number of sulfonamides is 2. The average molecular weight is 455 g/mol. The molecule has 0 spiro atoms. The first-order valence-electron chi connectivity index (χ1n) is 9.57. The van der Waals surface area contributed by atoms with E-state index in [0.717, 1.165) is 11.1 Å². The van der Waals surface area contributed by atoms with Crippen molar-refractivity contribution >= 4 is 20.0 Å². The molecule has 10 heteroatoms. The molecule has 8 nitrogen and oxygen atoms in total. The summed E-state index contributed by atoms with van der Waals surface area (Å²) >= 11 is 0. The molecule has 1 aliphatic heterocycles. The summed E-state index contributed by atoms with van der Waals surface area (Å²) in [6.07, 6.45) is 0. The van der Waals surface area contributed by atoms with Crippen LogP contribution in [0.2, 0.25) is 0 Å². The lowest BCUT2D eigenvalue weighted by Crippen LogP contribution is -2.40. The molecule has 0 bridgehead atoms. The average Bonchev–Trinajstić information content (AvgIpc) is 2.71. The first-order chi connectivity index (χ1) is 14.2. The predicted molar refractivity (Wildman–Crippen MR) is 113 cm³/mol. The van der Waals surface area contributed by atoms with Crippen LogP contribution in [0.15, 0.2) is 52.3 Å². The Kier molecular flexibility index (Phi) is 7.14. The lowest BCUT2D eigenvalue weighted by atomic mass is 10.1. The summed E-state index contributed by atoms with van der Waals surface area (Å²) < 4.78 is 64.8. The third kappa shape index (κ3) is 5.58. The minimum absolute atomic E-state index is 0.00479. The molecule has 2 aromatic rings. The minimum atomic E-state index is -3.78. The fourth-order valence-electron chi connectivity index (χ4n) is 3.17. The molecular formula is C20H26N2O6S2. The zero-order valence-corrected chi connectivity index (χ0v) is 18.6. The van der Waals surface area contributed by atoms with Gasteiger partial charge in [-0.15, -0.1) is 0 Å². The van der Waals surface area contributed by atoms with Gasteiger partial charge in [-0.2, -0.15) is 4.31 Å². The minimum Gasteiger partial charge on any atom is -0.492 e. The molecule has 1 heterocycles. The van der Waals surface area contributed by atoms with Gasteiger partial charge >= 0.3 is 0 Å². The van der Waals surface area contributed by atoms with Gasteiger partial charge in [0.05, 0.1) is 23.0 Å². The maximum Gasteiger partial charge on any atom is 0.243 e. The first kappa shape index (κ1) is 22.7. The summed E-state index contributed by atoms with van der Waals surface area (Å²) in [5.41, 5.74) is 2.13. The third-order valence-electron chi connectivity index (χ3n) is 4.60. The molecule has 0 radical (unpaired) electrons. The quantitative estimate of drug-likeness (QED) is 0.609. The van der Waals surface area contributed by atoms with E-state index < -0.39 is 20.0 Å². The van der Waals surface area contributed by atoms with Crippen LogP contribution in [0, 0.1) is 13.8 Å². The van der Waals surface area contributed by atoms with E-state index in [-0.39, 0.29) is 36.0 Å². The number of ether oxygens (including phenoxy) is 2. The van der Waals surface area contributed by atoms with E-state index in [1.54, 1.807) is 0 Å². The summed E-state index contributed by atoms with van der Waals surface area (Å²) in [6, 6.07) is 11.0. The Morgan fingerprint density at radius 1 is 0.933 bits per heavy atom. The highest BCUT2D eigenvalue weighted by Gasteiger charge is 2.26. The number of nitrogens with zero attached hydrogens (tertiary/aromatic N) is 1. The Morgan fingerprint density at radius 3 is 2.10 bits per heavy atom. The van der Waals surface area contributed by atoms with Gasteiger partial charge in [-0.05, 0) is 61.4 Å². The van der Waals surface area contributed by atoms with E-state index in [1.165, 1.54) is 28.6 Å². The second-order valence-corrected chi connectivity index (χ2v) is 10.8. The molecule has 0 aromatic heterocycles. The van der Waals surface area contributed by atoms with Gasteiger partial charge in [-0.1, -0.05) is 6.07 Å². The van der Waals surface area contributed by atoms with Crippen molar-refractivity contribution in [2.24, 2.45) is 0 Å². The van der Waals surface area contributed by atoms with E-state index >= 15 is 0 Å². The summed E-state index contributed by atoms with van der Waals surface area (Å²) in [5, 5.41) is 0. The lowest BCUT2D eigenvalue weighted by Gasteiger charge is -2.26. The molecule has 0 saturated carbocycles. The zero-order valence-electron chi connectivity index (χ0n) is 17.0. The number of hydrogen-bond acceptors (Lipinski definition) is 6. The Bertz CT molecular complexity index is 1060. The van der Waals surface area contributed by atoms with Crippen LogP contribution in [0.25, 0.3) is 0 Å². The van der Waals surface area contributed by atoms with Crippen LogP contribution in [0.4, 0.5) is 0 Å². The van der Waals surface area contributed by atoms with Crippen molar-refractivity contribution in [2.75, 3.05) is 39.5 Å². The standard InChI is InChI=1S/C20H26N2O6S2/c1-16-13-17(2)15-18(14-16)28-10-7-21-29(23,24)19-3-5-20(6-4-19)30(25,26)22-8-11-27-12-9-22/h3-6,13-15,21H,7-12H2,1-2H3. The smallest absolute Gasteiger partial charge is 0.243 e. The van der Waals surface area contributed by atoms with Crippen LogP contribution in [-0.4, -0.2) is 60.6 Å². The predicted octanol–water partition coefficient (Wildman–Crippen LogP) is 1.68. The SMILES string of the molecule is Cc1cc(C)cc(OCCNS(=O)(=O)c2ccc(S(=O)(=O)N3CCOCC3)cc2)c1. The van der Waals surface area contributed by atoms with Gasteiger partial charge in [0.2, 0.25) is 20.0 Å². The van der Waals surface area contributed by atoms with Crippen LogP contribution in [0.5, 0.6) is 5.75 Å². The molecule has 3 rings (SSSR count). The van der Waals surface area contributed by atoms with E-state index in [1.807, 2.05) is 32.0 Å². The van der Waals surface area contributed by atoms with E-state index in [0.29, 0.717) is 19.0 Å². The Hall–Kier alpha value is -1.98. The van der Waals surface area contributed by atoms with Crippen molar-refractivity contribution in [1.29, 1.82) is 0 Å². The van der Waals surface area contributed by atoms with Crippen molar-refractivity contribution in [3.05, 3.63) is 53.6 Å². The van der Waals surface area contributed by atoms with Gasteiger partial charge in [0.25, 0.3) is 0 Å². The zero-order chi connectivity index (χ0) is 21.8. The molecule has 164 valence electrons. The van der Waals surface area contributed by atoms with E-state index in [9.17, 15) is 16.8 Å². The molecule has 1 saturated heterocycles. The fraction of sp³-hybridized carbons (Fsp3) is 0.400. The highest BCUT2D eigenvalue weighted by atomic mass is 32.2. The van der Waals surface area contributed by atoms with Crippen molar-refractivity contribution in [1.82, 2.24) is 9.03 Å². The van der Waals surface area contributed by atoms with E-state index in [2.05, 4.69) is 4.72 Å². The highest BCUT2D eigenvalue weighted by Crippen LogP contribution is 2.20. The van der Waals surface area contributed by atoms with Crippen molar-refractivity contribution in [3.8, 4) is 5.75 Å². The topological polar surface area (TPSA) is 102 Å². The molecule has 0 amide bonds. The number of morpholine rings is 1. The molecule has 30 heavy (non-hydrogen) atoms. The molecule has 1 fully saturated rings. The lowest BCUT2D eigenvalue weighted by molar-refractivity contribution is 0.0730. The van der Waals surface area contributed by atoms with Crippen LogP contribution in [0.3, 0.4) is 0 Å². The maximum atomic E-state index is 12.6. The van der Waals surface area contributed by atoms with Gasteiger partial charge in [0.1, 0.15) is 12.4 Å². The van der Waals surface area contributed by atoms with Gasteiger partial charge in [0, 0.05) is 19.6 Å². The first-order valence-corrected chi connectivity index (χ1v) is 12.5. The normalized spacial score (nSPS) is 15.8. The molecule has 0 aliphatic carbocycles. The molecular weight excluding hydrogens is 428 g/mol. The van der Waals surface area contributed by atoms with Crippen LogP contribution in [0.1, 0.15) is 11.1 Å². The Balaban J connectivity index is 1.59. The Morgan fingerprint density at radius 2 is 1.50 bits per heavy atom. The molecule has 2 aromatic carbocycles. The molecule has 1 N–H and O–H groups in total. The summed E-state index contributed by atoms with van der Waals surface area (Å²) in [4.78, 5) is 0.0522. The van der Waals surface area contributed by atoms with Crippen LogP contribution >= 0.6 is 0 Å². The largest absolute Gasteiger partial charge is 0.492 e. The summed E-state index contributed by atoms with van der Waals surface area (Å²) in [7, 11) is -7.44. The van der Waals surface area contributed by atoms with Gasteiger partial charge in [-0.25, -0.2) is 21.6 Å². The third-order valence-corrected chi connectivity index (χ3v) is 7.99. The Labute approximate surface area is 177 Å². The van der Waals surface area contributed by atoms with Crippen molar-refractivity contribution in [3.63, 3.8) is 0 Å². The van der Waals surface area contributed by atoms with Gasteiger partial charge in [-0.3, -0.25) is 0 Å². The number of hydrogen-bond donors (Lipinski definition) is 1. The highest BCUT2D eigenvalue weighted by molar-refractivity contribution is 7.89. The van der Waals surface area contributed by atoms with Crippen LogP contribution in [-0.2, 0) is 24.8 Å². The number of rotatable bonds is 8. The maximum absolute atomic E-state index is 12.6.